The summed E-state index contributed by atoms with van der Waals surface area (Å²) in [4.78, 5) is 22.3. The predicted molar refractivity (Wildman–Crippen MR) is 98.3 cm³/mol. The Hall–Kier alpha value is -1.72. The minimum Gasteiger partial charge on any atom is -0.340 e. The lowest BCUT2D eigenvalue weighted by atomic mass is 9.82. The Morgan fingerprint density at radius 3 is 2.67 bits per heavy atom. The largest absolute Gasteiger partial charge is 0.340 e. The van der Waals surface area contributed by atoms with E-state index in [2.05, 4.69) is 47.2 Å². The molecule has 0 spiro atoms. The van der Waals surface area contributed by atoms with Crippen LogP contribution in [0.4, 0.5) is 0 Å². The van der Waals surface area contributed by atoms with E-state index in [4.69, 9.17) is 4.98 Å². The van der Waals surface area contributed by atoms with Gasteiger partial charge in [-0.05, 0) is 32.0 Å². The normalized spacial score (nSPS) is 25.3. The van der Waals surface area contributed by atoms with Gasteiger partial charge in [0.25, 0.3) is 0 Å². The lowest BCUT2D eigenvalue weighted by Gasteiger charge is -2.36. The van der Waals surface area contributed by atoms with Crippen molar-refractivity contribution in [3.8, 4) is 0 Å². The average Bonchev–Trinajstić information content (AvgIpc) is 3.06. The van der Waals surface area contributed by atoms with Gasteiger partial charge in [0.15, 0.2) is 0 Å². The molecule has 1 aliphatic carbocycles. The molecule has 2 aliphatic rings. The van der Waals surface area contributed by atoms with Crippen LogP contribution >= 0.6 is 11.3 Å². The van der Waals surface area contributed by atoms with Gasteiger partial charge in [0.05, 0.1) is 21.1 Å². The molecule has 0 radical (unpaired) electrons. The fraction of sp³-hybridized carbons (Fsp3) is 0.474. The summed E-state index contributed by atoms with van der Waals surface area (Å²) in [6.07, 6.45) is 6.14. The quantitative estimate of drug-likeness (QED) is 0.788. The third kappa shape index (κ3) is 2.98. The van der Waals surface area contributed by atoms with E-state index in [9.17, 15) is 4.79 Å². The molecule has 0 bridgehead atoms. The molecule has 1 saturated heterocycles. The Bertz CT molecular complexity index is 728. The lowest BCUT2D eigenvalue weighted by Crippen LogP contribution is -2.49. The number of allylic oxidation sites excluding steroid dienone is 2. The minimum absolute atomic E-state index is 0.0407. The number of carbonyl (C=O) groups excluding carboxylic acids is 1. The number of hydrogen-bond acceptors (Lipinski definition) is 4. The molecule has 5 heteroatoms. The average molecular weight is 341 g/mol. The smallest absolute Gasteiger partial charge is 0.226 e. The summed E-state index contributed by atoms with van der Waals surface area (Å²) in [6.45, 7) is 3.64. The zero-order valence-corrected chi connectivity index (χ0v) is 14.8. The predicted octanol–water partition coefficient (Wildman–Crippen LogP) is 3.12. The van der Waals surface area contributed by atoms with Crippen LogP contribution in [0.5, 0.6) is 0 Å². The molecule has 1 aromatic heterocycles. The number of nitrogens with zero attached hydrogens (tertiary/aromatic N) is 3. The van der Waals surface area contributed by atoms with Gasteiger partial charge in [-0.1, -0.05) is 24.3 Å². The number of aromatic nitrogens is 1. The van der Waals surface area contributed by atoms with E-state index >= 15 is 0 Å². The number of fused-ring (bicyclic) bond motifs is 1. The second kappa shape index (κ2) is 6.65. The first-order chi connectivity index (χ1) is 11.7. The summed E-state index contributed by atoms with van der Waals surface area (Å²) < 4.78 is 1.22. The van der Waals surface area contributed by atoms with Crippen LogP contribution in [0.3, 0.4) is 0 Å². The van der Waals surface area contributed by atoms with Crippen LogP contribution in [0.25, 0.3) is 10.2 Å². The van der Waals surface area contributed by atoms with E-state index in [0.717, 1.165) is 49.5 Å². The highest BCUT2D eigenvalue weighted by Gasteiger charge is 2.35. The molecule has 2 atom stereocenters. The van der Waals surface area contributed by atoms with Gasteiger partial charge in [-0.2, -0.15) is 0 Å². The van der Waals surface area contributed by atoms with Gasteiger partial charge < -0.3 is 9.80 Å². The fourth-order valence-electron chi connectivity index (χ4n) is 3.67. The van der Waals surface area contributed by atoms with E-state index in [-0.39, 0.29) is 11.8 Å². The van der Waals surface area contributed by atoms with Crippen molar-refractivity contribution in [2.75, 3.05) is 33.2 Å². The number of hydrogen-bond donors (Lipinski definition) is 0. The third-order valence-electron chi connectivity index (χ3n) is 5.19. The lowest BCUT2D eigenvalue weighted by molar-refractivity contribution is -0.138. The molecule has 4 rings (SSSR count). The van der Waals surface area contributed by atoms with Crippen LogP contribution in [-0.2, 0) is 4.79 Å². The Balaban J connectivity index is 1.59. The summed E-state index contributed by atoms with van der Waals surface area (Å²) >= 11 is 1.75. The van der Waals surface area contributed by atoms with Gasteiger partial charge in [-0.25, -0.2) is 4.98 Å². The molecular formula is C19H23N3OS. The van der Waals surface area contributed by atoms with Crippen molar-refractivity contribution >= 4 is 27.5 Å². The van der Waals surface area contributed by atoms with Crippen molar-refractivity contribution in [3.05, 3.63) is 41.4 Å². The zero-order valence-electron chi connectivity index (χ0n) is 14.0. The molecule has 0 saturated carbocycles. The van der Waals surface area contributed by atoms with Crippen LogP contribution in [0.2, 0.25) is 0 Å². The molecule has 24 heavy (non-hydrogen) atoms. The van der Waals surface area contributed by atoms with Crippen molar-refractivity contribution in [2.45, 2.75) is 18.8 Å². The number of thiazole rings is 1. The highest BCUT2D eigenvalue weighted by atomic mass is 32.1. The number of para-hydroxylation sites is 1. The molecule has 2 aromatic rings. The van der Waals surface area contributed by atoms with Crippen LogP contribution in [-0.4, -0.2) is 53.9 Å². The second-order valence-electron chi connectivity index (χ2n) is 6.80. The van der Waals surface area contributed by atoms with Crippen LogP contribution < -0.4 is 0 Å². The molecule has 126 valence electrons. The van der Waals surface area contributed by atoms with Crippen molar-refractivity contribution < 1.29 is 4.79 Å². The topological polar surface area (TPSA) is 36.4 Å². The number of rotatable bonds is 2. The number of piperazine rings is 1. The number of benzene rings is 1. The maximum atomic E-state index is 13.1. The molecule has 1 fully saturated rings. The first-order valence-electron chi connectivity index (χ1n) is 8.70. The van der Waals surface area contributed by atoms with Crippen LogP contribution in [0, 0.1) is 5.92 Å². The standard InChI is InChI=1S/C19H23N3OS/c1-21-10-12-22(13-11-21)19(23)15-7-3-2-6-14(15)18-20-16-8-4-5-9-17(16)24-18/h2-5,8-9,14-15H,6-7,10-13H2,1H3/t14-,15-/m0/s1. The Labute approximate surface area is 146 Å². The first kappa shape index (κ1) is 15.8. The summed E-state index contributed by atoms with van der Waals surface area (Å²) in [7, 11) is 2.12. The maximum absolute atomic E-state index is 13.1. The Morgan fingerprint density at radius 2 is 1.88 bits per heavy atom. The van der Waals surface area contributed by atoms with Gasteiger partial charge in [0.2, 0.25) is 5.91 Å². The number of likely N-dealkylation sites (N-methyl/N-ethyl adjacent to an activating group) is 1. The summed E-state index contributed by atoms with van der Waals surface area (Å²) in [6, 6.07) is 8.26. The van der Waals surface area contributed by atoms with Crippen molar-refractivity contribution in [1.29, 1.82) is 0 Å². The highest BCUT2D eigenvalue weighted by molar-refractivity contribution is 7.18. The van der Waals surface area contributed by atoms with E-state index in [1.807, 2.05) is 6.07 Å². The van der Waals surface area contributed by atoms with Crippen molar-refractivity contribution in [3.63, 3.8) is 0 Å². The summed E-state index contributed by atoms with van der Waals surface area (Å²) in [5, 5.41) is 1.12. The van der Waals surface area contributed by atoms with Crippen molar-refractivity contribution in [2.24, 2.45) is 5.92 Å². The zero-order chi connectivity index (χ0) is 16.5. The third-order valence-corrected chi connectivity index (χ3v) is 6.36. The first-order valence-corrected chi connectivity index (χ1v) is 9.52. The van der Waals surface area contributed by atoms with Crippen LogP contribution in [0.1, 0.15) is 23.8 Å². The van der Waals surface area contributed by atoms with Crippen LogP contribution in [0.15, 0.2) is 36.4 Å². The van der Waals surface area contributed by atoms with Crippen molar-refractivity contribution in [1.82, 2.24) is 14.8 Å². The molecule has 1 aliphatic heterocycles. The van der Waals surface area contributed by atoms with Gasteiger partial charge >= 0.3 is 0 Å². The van der Waals surface area contributed by atoms with E-state index in [1.54, 1.807) is 11.3 Å². The number of amides is 1. The molecule has 0 unspecified atom stereocenters. The second-order valence-corrected chi connectivity index (χ2v) is 7.87. The SMILES string of the molecule is CN1CCN(C(=O)[C@H]2CC=CC[C@@H]2c2nc3ccccc3s2)CC1. The number of carbonyl (C=O) groups is 1. The molecular weight excluding hydrogens is 318 g/mol. The Kier molecular flexibility index (Phi) is 4.37. The van der Waals surface area contributed by atoms with Gasteiger partial charge in [0, 0.05) is 32.1 Å². The van der Waals surface area contributed by atoms with Gasteiger partial charge in [-0.3, -0.25) is 4.79 Å². The van der Waals surface area contributed by atoms with E-state index in [0.29, 0.717) is 5.91 Å². The molecule has 2 heterocycles. The van der Waals surface area contributed by atoms with Gasteiger partial charge in [0.1, 0.15) is 0 Å². The summed E-state index contributed by atoms with van der Waals surface area (Å²) in [5.41, 5.74) is 1.05. The van der Waals surface area contributed by atoms with Gasteiger partial charge in [-0.15, -0.1) is 11.3 Å². The molecule has 1 aromatic carbocycles. The van der Waals surface area contributed by atoms with E-state index in [1.165, 1.54) is 4.70 Å². The summed E-state index contributed by atoms with van der Waals surface area (Å²) in [5.74, 6) is 0.579. The molecule has 1 amide bonds. The molecule has 0 N–H and O–H groups in total. The fourth-order valence-corrected chi connectivity index (χ4v) is 4.82. The minimum atomic E-state index is 0.0407. The molecule has 4 nitrogen and oxygen atoms in total. The highest BCUT2D eigenvalue weighted by Crippen LogP contribution is 2.39. The maximum Gasteiger partial charge on any atom is 0.226 e. The Morgan fingerprint density at radius 1 is 1.12 bits per heavy atom. The monoisotopic (exact) mass is 341 g/mol. The van der Waals surface area contributed by atoms with E-state index < -0.39 is 0 Å².